The molecule has 0 saturated heterocycles. The number of fused-ring (bicyclic) bond motifs is 1. The summed E-state index contributed by atoms with van der Waals surface area (Å²) < 4.78 is 12.1. The maximum atomic E-state index is 9.67. The Morgan fingerprint density at radius 2 is 1.88 bits per heavy atom. The van der Waals surface area contributed by atoms with Gasteiger partial charge < -0.3 is 9.47 Å². The highest BCUT2D eigenvalue weighted by molar-refractivity contribution is 14.1. The van der Waals surface area contributed by atoms with E-state index in [0.29, 0.717) is 17.9 Å². The highest BCUT2D eigenvalue weighted by Crippen LogP contribution is 2.35. The normalized spacial score (nSPS) is 11.2. The molecule has 0 fully saturated rings. The molecule has 0 unspecified atom stereocenters. The molecule has 0 amide bonds. The molecule has 0 heterocycles. The second-order valence-electron chi connectivity index (χ2n) is 5.70. The standard InChI is InChI=1S/C22H18INO2/c1-3-26-22-20(23)11-15(12-21(22)25-2)10-19(14-24)18-9-8-16-6-4-5-7-17(16)13-18/h4-13H,3H2,1-2H3/b19-10+. The van der Waals surface area contributed by atoms with Crippen LogP contribution in [0.25, 0.3) is 22.4 Å². The first-order valence-corrected chi connectivity index (χ1v) is 9.35. The molecule has 0 saturated carbocycles. The largest absolute Gasteiger partial charge is 0.493 e. The fraction of sp³-hybridized carbons (Fsp3) is 0.136. The van der Waals surface area contributed by atoms with Gasteiger partial charge in [-0.25, -0.2) is 0 Å². The number of benzene rings is 3. The van der Waals surface area contributed by atoms with Crippen LogP contribution in [0.2, 0.25) is 0 Å². The van der Waals surface area contributed by atoms with Crippen molar-refractivity contribution in [2.75, 3.05) is 13.7 Å². The van der Waals surface area contributed by atoms with Crippen molar-refractivity contribution in [2.24, 2.45) is 0 Å². The SMILES string of the molecule is CCOc1c(I)cc(/C=C(\C#N)c2ccc3ccccc3c2)cc1OC. The Labute approximate surface area is 167 Å². The fourth-order valence-corrected chi connectivity index (χ4v) is 3.59. The summed E-state index contributed by atoms with van der Waals surface area (Å²) in [4.78, 5) is 0. The van der Waals surface area contributed by atoms with Crippen molar-refractivity contribution in [1.82, 2.24) is 0 Å². The van der Waals surface area contributed by atoms with Crippen LogP contribution in [0, 0.1) is 14.9 Å². The highest BCUT2D eigenvalue weighted by atomic mass is 127. The van der Waals surface area contributed by atoms with E-state index in [4.69, 9.17) is 9.47 Å². The summed E-state index contributed by atoms with van der Waals surface area (Å²) in [6.45, 7) is 2.51. The topological polar surface area (TPSA) is 42.2 Å². The maximum Gasteiger partial charge on any atom is 0.174 e. The smallest absolute Gasteiger partial charge is 0.174 e. The van der Waals surface area contributed by atoms with Gasteiger partial charge in [0.15, 0.2) is 11.5 Å². The molecule has 26 heavy (non-hydrogen) atoms. The number of rotatable bonds is 5. The lowest BCUT2D eigenvalue weighted by Crippen LogP contribution is -1.98. The van der Waals surface area contributed by atoms with Crippen molar-refractivity contribution < 1.29 is 9.47 Å². The summed E-state index contributed by atoms with van der Waals surface area (Å²) in [6.07, 6.45) is 1.88. The number of methoxy groups -OCH3 is 1. The van der Waals surface area contributed by atoms with Gasteiger partial charge in [0.2, 0.25) is 0 Å². The van der Waals surface area contributed by atoms with E-state index < -0.39 is 0 Å². The Bertz CT molecular complexity index is 1020. The van der Waals surface area contributed by atoms with Crippen LogP contribution >= 0.6 is 22.6 Å². The predicted octanol–water partition coefficient (Wildman–Crippen LogP) is 5.92. The van der Waals surface area contributed by atoms with E-state index >= 15 is 0 Å². The van der Waals surface area contributed by atoms with Gasteiger partial charge in [0, 0.05) is 0 Å². The minimum absolute atomic E-state index is 0.572. The molecule has 0 aliphatic heterocycles. The zero-order chi connectivity index (χ0) is 18.5. The van der Waals surface area contributed by atoms with Gasteiger partial charge in [0.25, 0.3) is 0 Å². The lowest BCUT2D eigenvalue weighted by Gasteiger charge is -2.12. The quantitative estimate of drug-likeness (QED) is 0.273. The van der Waals surface area contributed by atoms with Gasteiger partial charge in [0.1, 0.15) is 0 Å². The van der Waals surface area contributed by atoms with E-state index in [-0.39, 0.29) is 0 Å². The van der Waals surface area contributed by atoms with E-state index in [9.17, 15) is 5.26 Å². The van der Waals surface area contributed by atoms with Crippen molar-refractivity contribution in [3.05, 3.63) is 69.3 Å². The monoisotopic (exact) mass is 455 g/mol. The molecule has 0 N–H and O–H groups in total. The Kier molecular flexibility index (Phi) is 5.79. The average Bonchev–Trinajstić information content (AvgIpc) is 2.67. The Hall–Kier alpha value is -2.52. The maximum absolute atomic E-state index is 9.67. The van der Waals surface area contributed by atoms with Crippen molar-refractivity contribution in [1.29, 1.82) is 5.26 Å². The molecular weight excluding hydrogens is 437 g/mol. The van der Waals surface area contributed by atoms with E-state index in [2.05, 4.69) is 40.8 Å². The molecule has 0 aromatic heterocycles. The van der Waals surface area contributed by atoms with E-state index in [0.717, 1.165) is 31.2 Å². The molecule has 130 valence electrons. The summed E-state index contributed by atoms with van der Waals surface area (Å²) >= 11 is 2.23. The second-order valence-corrected chi connectivity index (χ2v) is 6.86. The zero-order valence-corrected chi connectivity index (χ0v) is 16.8. The number of allylic oxidation sites excluding steroid dienone is 1. The van der Waals surface area contributed by atoms with Crippen LogP contribution in [0.4, 0.5) is 0 Å². The highest BCUT2D eigenvalue weighted by Gasteiger charge is 2.11. The van der Waals surface area contributed by atoms with Gasteiger partial charge in [-0.2, -0.15) is 5.26 Å². The van der Waals surface area contributed by atoms with Crippen molar-refractivity contribution in [2.45, 2.75) is 6.92 Å². The summed E-state index contributed by atoms with van der Waals surface area (Å²) in [6, 6.07) is 20.4. The molecule has 4 heteroatoms. The van der Waals surface area contributed by atoms with Crippen LogP contribution in [0.1, 0.15) is 18.1 Å². The number of nitriles is 1. The van der Waals surface area contributed by atoms with E-state index in [1.54, 1.807) is 7.11 Å². The molecule has 0 radical (unpaired) electrons. The Balaban J connectivity index is 2.05. The number of halogens is 1. The van der Waals surface area contributed by atoms with E-state index in [1.165, 1.54) is 0 Å². The van der Waals surface area contributed by atoms with Gasteiger partial charge in [-0.1, -0.05) is 36.4 Å². The molecule has 3 aromatic rings. The van der Waals surface area contributed by atoms with Crippen molar-refractivity contribution >= 4 is 45.0 Å². The van der Waals surface area contributed by atoms with Gasteiger partial charge in [-0.15, -0.1) is 0 Å². The number of nitrogens with zero attached hydrogens (tertiary/aromatic N) is 1. The average molecular weight is 455 g/mol. The molecule has 3 aromatic carbocycles. The number of ether oxygens (including phenoxy) is 2. The van der Waals surface area contributed by atoms with E-state index in [1.807, 2.05) is 55.5 Å². The molecule has 0 atom stereocenters. The first-order chi connectivity index (χ1) is 12.7. The summed E-state index contributed by atoms with van der Waals surface area (Å²) in [5.74, 6) is 1.40. The van der Waals surface area contributed by atoms with Crippen LogP contribution in [-0.2, 0) is 0 Å². The molecule has 0 aliphatic rings. The minimum atomic E-state index is 0.572. The third kappa shape index (κ3) is 3.83. The molecule has 0 spiro atoms. The van der Waals surface area contributed by atoms with Crippen LogP contribution in [-0.4, -0.2) is 13.7 Å². The van der Waals surface area contributed by atoms with Crippen molar-refractivity contribution in [3.8, 4) is 17.6 Å². The van der Waals surface area contributed by atoms with Gasteiger partial charge in [-0.3, -0.25) is 0 Å². The summed E-state index contributed by atoms with van der Waals surface area (Å²) in [5, 5.41) is 11.9. The summed E-state index contributed by atoms with van der Waals surface area (Å²) in [7, 11) is 1.62. The number of hydrogen-bond donors (Lipinski definition) is 0. The first-order valence-electron chi connectivity index (χ1n) is 8.27. The Morgan fingerprint density at radius 3 is 2.58 bits per heavy atom. The van der Waals surface area contributed by atoms with Gasteiger partial charge >= 0.3 is 0 Å². The van der Waals surface area contributed by atoms with Crippen LogP contribution < -0.4 is 9.47 Å². The van der Waals surface area contributed by atoms with Crippen molar-refractivity contribution in [3.63, 3.8) is 0 Å². The fourth-order valence-electron chi connectivity index (χ4n) is 2.81. The molecule has 0 aliphatic carbocycles. The predicted molar refractivity (Wildman–Crippen MR) is 114 cm³/mol. The molecular formula is C22H18INO2. The number of hydrogen-bond acceptors (Lipinski definition) is 3. The van der Waals surface area contributed by atoms with Crippen LogP contribution in [0.3, 0.4) is 0 Å². The lowest BCUT2D eigenvalue weighted by atomic mass is 10.00. The first kappa shape index (κ1) is 18.3. The second kappa shape index (κ2) is 8.24. The van der Waals surface area contributed by atoms with Crippen LogP contribution in [0.15, 0.2) is 54.6 Å². The zero-order valence-electron chi connectivity index (χ0n) is 14.6. The lowest BCUT2D eigenvalue weighted by molar-refractivity contribution is 0.308. The Morgan fingerprint density at radius 1 is 1.12 bits per heavy atom. The van der Waals surface area contributed by atoms with Gasteiger partial charge in [-0.05, 0) is 75.7 Å². The molecule has 3 nitrogen and oxygen atoms in total. The molecule has 3 rings (SSSR count). The third-order valence-corrected chi connectivity index (χ3v) is 4.83. The minimum Gasteiger partial charge on any atom is -0.493 e. The molecule has 0 bridgehead atoms. The van der Waals surface area contributed by atoms with Gasteiger partial charge in [0.05, 0.1) is 28.9 Å². The van der Waals surface area contributed by atoms with Crippen LogP contribution in [0.5, 0.6) is 11.5 Å². The summed E-state index contributed by atoms with van der Waals surface area (Å²) in [5.41, 5.74) is 2.41. The third-order valence-electron chi connectivity index (χ3n) is 4.03.